The highest BCUT2D eigenvalue weighted by Crippen LogP contribution is 2.27. The molecule has 0 atom stereocenters. The average molecular weight is 572 g/mol. The molecular formula is C28H32Cl2N6OS. The van der Waals surface area contributed by atoms with Gasteiger partial charge >= 0.3 is 0 Å². The topological polar surface area (TPSA) is 55.8 Å². The number of hydrogen-bond acceptors (Lipinski definition) is 7. The lowest BCUT2D eigenvalue weighted by atomic mass is 10.1. The lowest BCUT2D eigenvalue weighted by Gasteiger charge is -2.36. The summed E-state index contributed by atoms with van der Waals surface area (Å²) in [6.45, 7) is 10.1. The number of amides is 1. The van der Waals surface area contributed by atoms with Gasteiger partial charge in [0, 0.05) is 80.5 Å². The van der Waals surface area contributed by atoms with Gasteiger partial charge in [-0.1, -0.05) is 60.1 Å². The Morgan fingerprint density at radius 1 is 0.868 bits per heavy atom. The maximum atomic E-state index is 12.9. The fourth-order valence-corrected chi connectivity index (χ4v) is 6.04. The predicted molar refractivity (Wildman–Crippen MR) is 157 cm³/mol. The van der Waals surface area contributed by atoms with Crippen molar-refractivity contribution in [3.8, 4) is 0 Å². The molecule has 5 rings (SSSR count). The van der Waals surface area contributed by atoms with E-state index in [2.05, 4.69) is 32.7 Å². The van der Waals surface area contributed by atoms with E-state index >= 15 is 0 Å². The second kappa shape index (κ2) is 12.6. The van der Waals surface area contributed by atoms with Crippen molar-refractivity contribution in [2.75, 3.05) is 68.7 Å². The van der Waals surface area contributed by atoms with Gasteiger partial charge in [0.25, 0.3) is 5.91 Å². The number of anilines is 2. The van der Waals surface area contributed by atoms with Crippen LogP contribution in [0.2, 0.25) is 10.2 Å². The molecule has 38 heavy (non-hydrogen) atoms. The van der Waals surface area contributed by atoms with Gasteiger partial charge in [-0.25, -0.2) is 9.97 Å². The van der Waals surface area contributed by atoms with Gasteiger partial charge in [0.05, 0.1) is 0 Å². The van der Waals surface area contributed by atoms with Crippen LogP contribution in [-0.4, -0.2) is 84.6 Å². The number of carbonyl (C=O) groups is 1. The van der Waals surface area contributed by atoms with Crippen molar-refractivity contribution in [2.24, 2.45) is 0 Å². The van der Waals surface area contributed by atoms with Crippen molar-refractivity contribution in [1.29, 1.82) is 0 Å². The summed E-state index contributed by atoms with van der Waals surface area (Å²) in [5.74, 6) is 1.66. The van der Waals surface area contributed by atoms with E-state index in [1.165, 1.54) is 0 Å². The van der Waals surface area contributed by atoms with E-state index in [4.69, 9.17) is 28.2 Å². The summed E-state index contributed by atoms with van der Waals surface area (Å²) in [6.07, 6.45) is 0. The standard InChI is InChI=1S/C28H32Cl2N6OS/c1-2-33-10-12-36(13-11-33)27(37)22-8-6-21(7-9-22)20-38-28-31-25(30)19-26(32-28)35-16-14-34(15-17-35)24-5-3-4-23(29)18-24/h3-9,18-19H,2,10-17,20H2,1H3. The number of benzene rings is 2. The van der Waals surface area contributed by atoms with Crippen molar-refractivity contribution in [2.45, 2.75) is 17.8 Å². The number of hydrogen-bond donors (Lipinski definition) is 0. The Labute approximate surface area is 238 Å². The quantitative estimate of drug-likeness (QED) is 0.220. The number of halogens is 2. The minimum atomic E-state index is 0.109. The van der Waals surface area contributed by atoms with Gasteiger partial charge in [-0.15, -0.1) is 0 Å². The summed E-state index contributed by atoms with van der Waals surface area (Å²) in [5, 5.41) is 1.85. The number of likely N-dealkylation sites (N-methyl/N-ethyl adjacent to an activating group) is 1. The Morgan fingerprint density at radius 2 is 1.58 bits per heavy atom. The molecule has 2 aliphatic rings. The van der Waals surface area contributed by atoms with Gasteiger partial charge in [0.1, 0.15) is 11.0 Å². The highest BCUT2D eigenvalue weighted by molar-refractivity contribution is 7.98. The maximum Gasteiger partial charge on any atom is 0.253 e. The lowest BCUT2D eigenvalue weighted by Crippen LogP contribution is -2.48. The monoisotopic (exact) mass is 570 g/mol. The van der Waals surface area contributed by atoms with Crippen LogP contribution in [-0.2, 0) is 5.75 Å². The van der Waals surface area contributed by atoms with Crippen LogP contribution in [0.4, 0.5) is 11.5 Å². The Balaban J connectivity index is 1.16. The molecule has 3 aromatic rings. The van der Waals surface area contributed by atoms with Gasteiger partial charge < -0.3 is 19.6 Å². The van der Waals surface area contributed by atoms with Crippen LogP contribution in [0.5, 0.6) is 0 Å². The van der Waals surface area contributed by atoms with Gasteiger partial charge in [-0.3, -0.25) is 4.79 Å². The molecule has 10 heteroatoms. The largest absolute Gasteiger partial charge is 0.368 e. The van der Waals surface area contributed by atoms with Gasteiger partial charge in [0.2, 0.25) is 0 Å². The predicted octanol–water partition coefficient (Wildman–Crippen LogP) is 5.18. The van der Waals surface area contributed by atoms with Gasteiger partial charge in [0.15, 0.2) is 5.16 Å². The van der Waals surface area contributed by atoms with Gasteiger partial charge in [-0.2, -0.15) is 0 Å². The van der Waals surface area contributed by atoms with E-state index in [1.54, 1.807) is 11.8 Å². The first-order valence-electron chi connectivity index (χ1n) is 13.0. The summed E-state index contributed by atoms with van der Waals surface area (Å²) in [4.78, 5) is 31.0. The fraction of sp³-hybridized carbons (Fsp3) is 0.393. The highest BCUT2D eigenvalue weighted by atomic mass is 35.5. The van der Waals surface area contributed by atoms with Crippen LogP contribution in [0, 0.1) is 0 Å². The summed E-state index contributed by atoms with van der Waals surface area (Å²) in [7, 11) is 0. The molecule has 0 aliphatic carbocycles. The molecule has 0 radical (unpaired) electrons. The number of thioether (sulfide) groups is 1. The molecule has 7 nitrogen and oxygen atoms in total. The van der Waals surface area contributed by atoms with Gasteiger partial charge in [-0.05, 0) is 42.4 Å². The molecule has 0 saturated carbocycles. The van der Waals surface area contributed by atoms with Crippen molar-refractivity contribution >= 4 is 52.4 Å². The molecule has 1 amide bonds. The van der Waals surface area contributed by atoms with Crippen LogP contribution in [0.25, 0.3) is 0 Å². The third-order valence-corrected chi connectivity index (χ3v) is 8.46. The van der Waals surface area contributed by atoms with E-state index in [-0.39, 0.29) is 5.91 Å². The van der Waals surface area contributed by atoms with E-state index in [0.29, 0.717) is 16.1 Å². The molecule has 1 aromatic heterocycles. The first-order valence-corrected chi connectivity index (χ1v) is 14.8. The molecule has 0 N–H and O–H groups in total. The molecule has 0 unspecified atom stereocenters. The maximum absolute atomic E-state index is 12.9. The second-order valence-electron chi connectivity index (χ2n) is 9.50. The third kappa shape index (κ3) is 6.72. The number of rotatable bonds is 7. The van der Waals surface area contributed by atoms with E-state index in [0.717, 1.165) is 86.6 Å². The molecule has 3 heterocycles. The summed E-state index contributed by atoms with van der Waals surface area (Å²) >= 11 is 14.1. The van der Waals surface area contributed by atoms with Crippen LogP contribution in [0.3, 0.4) is 0 Å². The Bertz CT molecular complexity index is 1240. The van der Waals surface area contributed by atoms with E-state index < -0.39 is 0 Å². The zero-order chi connectivity index (χ0) is 26.5. The molecule has 0 bridgehead atoms. The lowest BCUT2D eigenvalue weighted by molar-refractivity contribution is 0.0643. The number of nitrogens with zero attached hydrogens (tertiary/aromatic N) is 6. The first kappa shape index (κ1) is 27.1. The summed E-state index contributed by atoms with van der Waals surface area (Å²) < 4.78 is 0. The smallest absolute Gasteiger partial charge is 0.253 e. The molecule has 0 spiro atoms. The average Bonchev–Trinajstić information content (AvgIpc) is 2.96. The van der Waals surface area contributed by atoms with Crippen molar-refractivity contribution < 1.29 is 4.79 Å². The van der Waals surface area contributed by atoms with Crippen LogP contribution >= 0.6 is 35.0 Å². The minimum Gasteiger partial charge on any atom is -0.368 e. The molecule has 2 aromatic carbocycles. The summed E-state index contributed by atoms with van der Waals surface area (Å²) in [6, 6.07) is 17.7. The highest BCUT2D eigenvalue weighted by Gasteiger charge is 2.22. The minimum absolute atomic E-state index is 0.109. The first-order chi connectivity index (χ1) is 18.5. The summed E-state index contributed by atoms with van der Waals surface area (Å²) in [5.41, 5.74) is 2.99. The van der Waals surface area contributed by atoms with E-state index in [1.807, 2.05) is 53.4 Å². The van der Waals surface area contributed by atoms with E-state index in [9.17, 15) is 4.79 Å². The number of carbonyl (C=O) groups excluding carboxylic acids is 1. The normalized spacial score (nSPS) is 16.7. The fourth-order valence-electron chi connectivity index (χ4n) is 4.82. The molecule has 200 valence electrons. The molecule has 2 saturated heterocycles. The molecular weight excluding hydrogens is 539 g/mol. The molecule has 2 aliphatic heterocycles. The Morgan fingerprint density at radius 3 is 2.26 bits per heavy atom. The Kier molecular flexibility index (Phi) is 8.94. The number of aromatic nitrogens is 2. The van der Waals surface area contributed by atoms with Crippen molar-refractivity contribution in [3.63, 3.8) is 0 Å². The second-order valence-corrected chi connectivity index (χ2v) is 11.3. The SMILES string of the molecule is CCN1CCN(C(=O)c2ccc(CSc3nc(Cl)cc(N4CCN(c5cccc(Cl)c5)CC4)n3)cc2)CC1. The zero-order valence-electron chi connectivity index (χ0n) is 21.5. The van der Waals surface area contributed by atoms with Crippen molar-refractivity contribution in [1.82, 2.24) is 19.8 Å². The van der Waals surface area contributed by atoms with Crippen LogP contribution < -0.4 is 9.80 Å². The Hall–Kier alpha value is -2.52. The molecule has 2 fully saturated rings. The van der Waals surface area contributed by atoms with Crippen molar-refractivity contribution in [3.05, 3.63) is 75.9 Å². The third-order valence-electron chi connectivity index (χ3n) is 7.11. The number of piperazine rings is 2. The van der Waals surface area contributed by atoms with Crippen LogP contribution in [0.1, 0.15) is 22.8 Å². The van der Waals surface area contributed by atoms with Crippen LogP contribution in [0.15, 0.2) is 59.8 Å². The zero-order valence-corrected chi connectivity index (χ0v) is 23.9.